The summed E-state index contributed by atoms with van der Waals surface area (Å²) in [6.45, 7) is 0.782. The molecule has 2 N–H and O–H groups in total. The molecule has 1 fully saturated rings. The molecule has 3 aromatic rings. The second-order valence-corrected chi connectivity index (χ2v) is 7.46. The largest absolute Gasteiger partial charge is 0.431 e. The van der Waals surface area contributed by atoms with Gasteiger partial charge < -0.3 is 10.1 Å². The molecular formula is C20H17F4N5O2. The van der Waals surface area contributed by atoms with Crippen LogP contribution in [0.3, 0.4) is 0 Å². The van der Waals surface area contributed by atoms with Gasteiger partial charge in [-0.05, 0) is 25.1 Å². The topological polar surface area (TPSA) is 81.1 Å². The summed E-state index contributed by atoms with van der Waals surface area (Å²) in [5.74, 6) is -0.236. The second kappa shape index (κ2) is 7.19. The molecule has 0 bridgehead atoms. The van der Waals surface area contributed by atoms with Gasteiger partial charge in [-0.15, -0.1) is 0 Å². The van der Waals surface area contributed by atoms with Gasteiger partial charge in [-0.3, -0.25) is 10.00 Å². The van der Waals surface area contributed by atoms with Crippen LogP contribution in [0.1, 0.15) is 24.1 Å². The molecular weight excluding hydrogens is 418 g/mol. The molecule has 4 heterocycles. The summed E-state index contributed by atoms with van der Waals surface area (Å²) in [6, 6.07) is 7.83. The number of ether oxygens (including phenoxy) is 1. The molecule has 0 spiro atoms. The highest BCUT2D eigenvalue weighted by atomic mass is 19.4. The van der Waals surface area contributed by atoms with Crippen LogP contribution in [0.25, 0.3) is 22.2 Å². The number of amides is 1. The van der Waals surface area contributed by atoms with Crippen molar-refractivity contribution in [3.8, 4) is 11.3 Å². The van der Waals surface area contributed by atoms with Gasteiger partial charge in [-0.2, -0.15) is 18.3 Å². The van der Waals surface area contributed by atoms with E-state index in [0.29, 0.717) is 23.9 Å². The van der Waals surface area contributed by atoms with Gasteiger partial charge in [0.15, 0.2) is 0 Å². The molecule has 1 amide bonds. The van der Waals surface area contributed by atoms with Gasteiger partial charge in [0, 0.05) is 23.7 Å². The van der Waals surface area contributed by atoms with Crippen LogP contribution in [0.15, 0.2) is 36.5 Å². The van der Waals surface area contributed by atoms with E-state index in [1.165, 1.54) is 12.3 Å². The number of nitrogens with one attached hydrogen (secondary N) is 2. The summed E-state index contributed by atoms with van der Waals surface area (Å²) in [6.07, 6.45) is -7.97. The van der Waals surface area contributed by atoms with Crippen LogP contribution in [0.5, 0.6) is 0 Å². The van der Waals surface area contributed by atoms with Gasteiger partial charge in [0.05, 0.1) is 17.1 Å². The third-order valence-corrected chi connectivity index (χ3v) is 5.55. The number of halogens is 4. The fourth-order valence-corrected chi connectivity index (χ4v) is 4.19. The number of alkyl halides is 4. The molecule has 2 aliphatic heterocycles. The van der Waals surface area contributed by atoms with Crippen LogP contribution < -0.4 is 10.6 Å². The van der Waals surface area contributed by atoms with Crippen LogP contribution >= 0.6 is 0 Å². The van der Waals surface area contributed by atoms with E-state index in [-0.39, 0.29) is 29.2 Å². The van der Waals surface area contributed by atoms with Crippen molar-refractivity contribution in [1.29, 1.82) is 0 Å². The van der Waals surface area contributed by atoms with E-state index < -0.39 is 30.6 Å². The molecule has 5 rings (SSSR count). The van der Waals surface area contributed by atoms with Crippen molar-refractivity contribution in [2.45, 2.75) is 30.9 Å². The minimum absolute atomic E-state index is 0.117. The Hall–Kier alpha value is -3.21. The number of rotatable bonds is 2. The zero-order chi connectivity index (χ0) is 21.8. The number of aromatic nitrogens is 3. The van der Waals surface area contributed by atoms with Gasteiger partial charge >= 0.3 is 12.3 Å². The van der Waals surface area contributed by atoms with Crippen molar-refractivity contribution in [2.75, 3.05) is 18.4 Å². The molecule has 2 aliphatic rings. The Labute approximate surface area is 173 Å². The van der Waals surface area contributed by atoms with Crippen LogP contribution in [-0.2, 0) is 4.74 Å². The van der Waals surface area contributed by atoms with Crippen LogP contribution in [0.2, 0.25) is 0 Å². The fraction of sp³-hybridized carbons (Fsp3) is 0.350. The van der Waals surface area contributed by atoms with Gasteiger partial charge in [-0.1, -0.05) is 18.2 Å². The molecule has 0 aliphatic carbocycles. The Bertz CT molecular complexity index is 1160. The van der Waals surface area contributed by atoms with Gasteiger partial charge in [0.25, 0.3) is 0 Å². The molecule has 31 heavy (non-hydrogen) atoms. The van der Waals surface area contributed by atoms with Crippen molar-refractivity contribution in [3.05, 3.63) is 42.1 Å². The van der Waals surface area contributed by atoms with Gasteiger partial charge in [-0.25, -0.2) is 14.2 Å². The summed E-state index contributed by atoms with van der Waals surface area (Å²) in [5, 5.41) is 10.3. The van der Waals surface area contributed by atoms with E-state index in [4.69, 9.17) is 0 Å². The van der Waals surface area contributed by atoms with Crippen molar-refractivity contribution in [2.24, 2.45) is 0 Å². The lowest BCUT2D eigenvalue weighted by Gasteiger charge is -2.28. The second-order valence-electron chi connectivity index (χ2n) is 7.46. The smallest absolute Gasteiger partial charge is 0.430 e. The number of para-hydroxylation sites is 1. The van der Waals surface area contributed by atoms with Crippen molar-refractivity contribution >= 4 is 22.8 Å². The molecule has 0 radical (unpaired) electrons. The van der Waals surface area contributed by atoms with E-state index in [2.05, 4.69) is 25.5 Å². The Morgan fingerprint density at radius 2 is 2.00 bits per heavy atom. The number of carbonyl (C=O) groups excluding carboxylic acids is 1. The Kier molecular flexibility index (Phi) is 4.58. The zero-order valence-electron chi connectivity index (χ0n) is 16.0. The van der Waals surface area contributed by atoms with Gasteiger partial charge in [0.1, 0.15) is 17.7 Å². The highest BCUT2D eigenvalue weighted by molar-refractivity contribution is 5.97. The van der Waals surface area contributed by atoms with Crippen molar-refractivity contribution in [3.63, 3.8) is 0 Å². The Balaban J connectivity index is 1.73. The normalized spacial score (nSPS) is 23.9. The highest BCUT2D eigenvalue weighted by Crippen LogP contribution is 2.46. The maximum absolute atomic E-state index is 14.7. The molecule has 1 saturated heterocycles. The average Bonchev–Trinajstić information content (AvgIpc) is 3.11. The quantitative estimate of drug-likeness (QED) is 0.592. The maximum atomic E-state index is 14.7. The molecule has 3 atom stereocenters. The molecule has 7 nitrogen and oxygen atoms in total. The predicted molar refractivity (Wildman–Crippen MR) is 103 cm³/mol. The minimum atomic E-state index is -4.85. The number of piperidine rings is 1. The first-order chi connectivity index (χ1) is 14.8. The number of nitrogens with zero attached hydrogens (tertiary/aromatic N) is 3. The zero-order valence-corrected chi connectivity index (χ0v) is 16.0. The molecule has 0 saturated carbocycles. The Morgan fingerprint density at radius 1 is 1.19 bits per heavy atom. The minimum Gasteiger partial charge on any atom is -0.431 e. The van der Waals surface area contributed by atoms with Crippen molar-refractivity contribution in [1.82, 2.24) is 20.1 Å². The third-order valence-electron chi connectivity index (χ3n) is 5.55. The predicted octanol–water partition coefficient (Wildman–Crippen LogP) is 4.14. The monoisotopic (exact) mass is 435 g/mol. The lowest BCUT2D eigenvalue weighted by Crippen LogP contribution is -2.39. The summed E-state index contributed by atoms with van der Waals surface area (Å²) in [7, 11) is 0. The van der Waals surface area contributed by atoms with Crippen LogP contribution in [-0.4, -0.2) is 46.3 Å². The summed E-state index contributed by atoms with van der Waals surface area (Å²) in [4.78, 5) is 15.5. The molecule has 1 aromatic carbocycles. The average molecular weight is 435 g/mol. The first kappa shape index (κ1) is 19.7. The highest BCUT2D eigenvalue weighted by Gasteiger charge is 2.49. The van der Waals surface area contributed by atoms with Crippen LogP contribution in [0, 0.1) is 0 Å². The van der Waals surface area contributed by atoms with E-state index in [1.807, 2.05) is 0 Å². The van der Waals surface area contributed by atoms with Gasteiger partial charge in [0.2, 0.25) is 6.10 Å². The number of carbonyl (C=O) groups is 1. The lowest BCUT2D eigenvalue weighted by molar-refractivity contribution is -0.206. The number of pyridine rings is 1. The number of anilines is 1. The standard InChI is InChI=1S/C20H17F4N5O2/c21-12-9-25-7-6-14(12)29-13-4-2-1-3-10(13)16(28-29)11-5-8-26-18-15(11)17(20(22,23)24)31-19(30)27-18/h1-5,8,12,14,17,25H,6-7,9H2,(H,26,27,30)/t12-,14-,17-/m1/s1. The van der Waals surface area contributed by atoms with Crippen molar-refractivity contribution < 1.29 is 27.1 Å². The SMILES string of the molecule is O=C1Nc2nccc(-c3nn([C@@H]4CCNC[C@H]4F)c4ccccc34)c2[C@H](C(F)(F)F)O1. The first-order valence-electron chi connectivity index (χ1n) is 9.70. The number of cyclic esters (lactones) is 1. The van der Waals surface area contributed by atoms with E-state index >= 15 is 0 Å². The maximum Gasteiger partial charge on any atom is 0.430 e. The van der Waals surface area contributed by atoms with E-state index in [9.17, 15) is 22.4 Å². The number of benzene rings is 1. The fourth-order valence-electron chi connectivity index (χ4n) is 4.19. The molecule has 11 heteroatoms. The van der Waals surface area contributed by atoms with Crippen LogP contribution in [0.4, 0.5) is 28.2 Å². The summed E-state index contributed by atoms with van der Waals surface area (Å²) < 4.78 is 62.0. The number of hydrogen-bond acceptors (Lipinski definition) is 5. The summed E-state index contributed by atoms with van der Waals surface area (Å²) >= 11 is 0. The Morgan fingerprint density at radius 3 is 2.77 bits per heavy atom. The molecule has 162 valence electrons. The number of hydrogen-bond donors (Lipinski definition) is 2. The lowest BCUT2D eigenvalue weighted by atomic mass is 9.97. The third kappa shape index (κ3) is 3.29. The van der Waals surface area contributed by atoms with E-state index in [1.54, 1.807) is 28.9 Å². The van der Waals surface area contributed by atoms with E-state index in [0.717, 1.165) is 0 Å². The molecule has 0 unspecified atom stereocenters. The summed E-state index contributed by atoms with van der Waals surface area (Å²) in [5.41, 5.74) is 0.648. The first-order valence-corrected chi connectivity index (χ1v) is 9.70. The molecule has 2 aromatic heterocycles. The number of fused-ring (bicyclic) bond motifs is 2.